The van der Waals surface area contributed by atoms with Gasteiger partial charge in [0.2, 0.25) is 11.0 Å². The SMILES string of the molecule is CCc1nnc(NC(=O)CC2CCCCC2N)s1.Cl. The summed E-state index contributed by atoms with van der Waals surface area (Å²) in [6.45, 7) is 2.02. The molecule has 1 aromatic heterocycles. The van der Waals surface area contributed by atoms with Gasteiger partial charge in [-0.3, -0.25) is 4.79 Å². The zero-order valence-corrected chi connectivity index (χ0v) is 12.7. The zero-order chi connectivity index (χ0) is 13.0. The molecule has 0 saturated heterocycles. The molecule has 1 heterocycles. The number of nitrogens with two attached hydrogens (primary N) is 1. The molecule has 2 atom stereocenters. The van der Waals surface area contributed by atoms with Gasteiger partial charge in [0.1, 0.15) is 5.01 Å². The van der Waals surface area contributed by atoms with Crippen LogP contribution in [-0.2, 0) is 11.2 Å². The van der Waals surface area contributed by atoms with Gasteiger partial charge in [-0.05, 0) is 25.2 Å². The molecule has 0 bridgehead atoms. The van der Waals surface area contributed by atoms with Gasteiger partial charge < -0.3 is 11.1 Å². The van der Waals surface area contributed by atoms with Crippen LogP contribution in [-0.4, -0.2) is 22.1 Å². The summed E-state index contributed by atoms with van der Waals surface area (Å²) in [5, 5.41) is 12.3. The highest BCUT2D eigenvalue weighted by molar-refractivity contribution is 7.15. The van der Waals surface area contributed by atoms with Crippen LogP contribution in [0.4, 0.5) is 5.13 Å². The van der Waals surface area contributed by atoms with E-state index in [9.17, 15) is 4.79 Å². The van der Waals surface area contributed by atoms with Crippen molar-refractivity contribution in [3.8, 4) is 0 Å². The van der Waals surface area contributed by atoms with E-state index in [1.54, 1.807) is 0 Å². The molecule has 2 unspecified atom stereocenters. The summed E-state index contributed by atoms with van der Waals surface area (Å²) in [5.74, 6) is 0.327. The van der Waals surface area contributed by atoms with Gasteiger partial charge in [-0.2, -0.15) is 0 Å². The van der Waals surface area contributed by atoms with E-state index in [0.29, 0.717) is 17.5 Å². The van der Waals surface area contributed by atoms with E-state index in [-0.39, 0.29) is 24.4 Å². The van der Waals surface area contributed by atoms with Crippen LogP contribution in [0.1, 0.15) is 44.0 Å². The number of rotatable bonds is 4. The molecule has 19 heavy (non-hydrogen) atoms. The number of anilines is 1. The van der Waals surface area contributed by atoms with Crippen molar-refractivity contribution in [3.05, 3.63) is 5.01 Å². The number of aryl methyl sites for hydroxylation is 1. The number of carbonyl (C=O) groups excluding carboxylic acids is 1. The van der Waals surface area contributed by atoms with Gasteiger partial charge in [0.15, 0.2) is 0 Å². The molecule has 1 fully saturated rings. The Kier molecular flexibility index (Phi) is 6.68. The summed E-state index contributed by atoms with van der Waals surface area (Å²) in [5.41, 5.74) is 6.04. The average Bonchev–Trinajstić information content (AvgIpc) is 2.80. The molecule has 2 rings (SSSR count). The molecule has 1 aromatic rings. The van der Waals surface area contributed by atoms with Crippen molar-refractivity contribution in [1.29, 1.82) is 0 Å². The highest BCUT2D eigenvalue weighted by Gasteiger charge is 2.24. The van der Waals surface area contributed by atoms with Crippen LogP contribution in [0.2, 0.25) is 0 Å². The van der Waals surface area contributed by atoms with Gasteiger partial charge in [0.25, 0.3) is 0 Å². The summed E-state index contributed by atoms with van der Waals surface area (Å²) in [4.78, 5) is 11.9. The predicted molar refractivity (Wildman–Crippen MR) is 79.7 cm³/mol. The van der Waals surface area contributed by atoms with Crippen LogP contribution >= 0.6 is 23.7 Å². The molecule has 3 N–H and O–H groups in total. The number of hydrogen-bond acceptors (Lipinski definition) is 5. The van der Waals surface area contributed by atoms with Crippen LogP contribution in [0.3, 0.4) is 0 Å². The van der Waals surface area contributed by atoms with Crippen LogP contribution in [0.5, 0.6) is 0 Å². The Morgan fingerprint density at radius 2 is 2.16 bits per heavy atom. The van der Waals surface area contributed by atoms with Gasteiger partial charge in [-0.15, -0.1) is 22.6 Å². The Morgan fingerprint density at radius 1 is 1.42 bits per heavy atom. The minimum absolute atomic E-state index is 0. The quantitative estimate of drug-likeness (QED) is 0.895. The first-order valence-corrected chi connectivity index (χ1v) is 7.38. The fourth-order valence-corrected chi connectivity index (χ4v) is 3.04. The molecule has 1 saturated carbocycles. The third-order valence-electron chi connectivity index (χ3n) is 3.43. The van der Waals surface area contributed by atoms with Crippen molar-refractivity contribution in [2.75, 3.05) is 5.32 Å². The molecular formula is C12H21ClN4OS. The number of nitrogens with one attached hydrogen (secondary N) is 1. The lowest BCUT2D eigenvalue weighted by atomic mass is 9.83. The van der Waals surface area contributed by atoms with Crippen molar-refractivity contribution < 1.29 is 4.79 Å². The second-order valence-corrected chi connectivity index (χ2v) is 5.88. The van der Waals surface area contributed by atoms with E-state index < -0.39 is 0 Å². The zero-order valence-electron chi connectivity index (χ0n) is 11.1. The molecule has 0 aromatic carbocycles. The van der Waals surface area contributed by atoms with Gasteiger partial charge in [0.05, 0.1) is 0 Å². The largest absolute Gasteiger partial charge is 0.327 e. The van der Waals surface area contributed by atoms with Crippen molar-refractivity contribution in [2.24, 2.45) is 11.7 Å². The third-order valence-corrected chi connectivity index (χ3v) is 4.41. The number of aromatic nitrogens is 2. The number of hydrogen-bond donors (Lipinski definition) is 2. The first-order valence-electron chi connectivity index (χ1n) is 6.57. The Balaban J connectivity index is 0.00000180. The fourth-order valence-electron chi connectivity index (χ4n) is 2.35. The smallest absolute Gasteiger partial charge is 0.226 e. The Hall–Kier alpha value is -0.720. The lowest BCUT2D eigenvalue weighted by Gasteiger charge is -2.27. The summed E-state index contributed by atoms with van der Waals surface area (Å²) < 4.78 is 0. The van der Waals surface area contributed by atoms with Gasteiger partial charge in [-0.1, -0.05) is 31.1 Å². The van der Waals surface area contributed by atoms with Crippen molar-refractivity contribution in [3.63, 3.8) is 0 Å². The molecule has 0 aliphatic heterocycles. The fraction of sp³-hybridized carbons (Fsp3) is 0.750. The predicted octanol–water partition coefficient (Wildman–Crippen LogP) is 2.37. The maximum atomic E-state index is 11.9. The minimum atomic E-state index is 0. The van der Waals surface area contributed by atoms with Gasteiger partial charge >= 0.3 is 0 Å². The van der Waals surface area contributed by atoms with E-state index in [1.807, 2.05) is 6.92 Å². The maximum Gasteiger partial charge on any atom is 0.226 e. The third kappa shape index (κ3) is 4.71. The Bertz CT molecular complexity index is 412. The summed E-state index contributed by atoms with van der Waals surface area (Å²) >= 11 is 1.44. The van der Waals surface area contributed by atoms with E-state index in [0.717, 1.165) is 24.3 Å². The first kappa shape index (κ1) is 16.3. The van der Waals surface area contributed by atoms with Crippen LogP contribution in [0.15, 0.2) is 0 Å². The summed E-state index contributed by atoms with van der Waals surface area (Å²) in [6.07, 6.45) is 5.82. The normalized spacial score (nSPS) is 22.6. The highest BCUT2D eigenvalue weighted by atomic mass is 35.5. The topological polar surface area (TPSA) is 80.9 Å². The van der Waals surface area contributed by atoms with Crippen LogP contribution in [0.25, 0.3) is 0 Å². The van der Waals surface area contributed by atoms with Crippen molar-refractivity contribution in [2.45, 2.75) is 51.5 Å². The maximum absolute atomic E-state index is 11.9. The summed E-state index contributed by atoms with van der Waals surface area (Å²) in [7, 11) is 0. The first-order chi connectivity index (χ1) is 8.69. The van der Waals surface area contributed by atoms with E-state index >= 15 is 0 Å². The number of amides is 1. The van der Waals surface area contributed by atoms with Crippen LogP contribution in [0, 0.1) is 5.92 Å². The van der Waals surface area contributed by atoms with Gasteiger partial charge in [-0.25, -0.2) is 0 Å². The second-order valence-electron chi connectivity index (χ2n) is 4.82. The van der Waals surface area contributed by atoms with E-state index in [1.165, 1.54) is 24.2 Å². The highest BCUT2D eigenvalue weighted by Crippen LogP contribution is 2.26. The summed E-state index contributed by atoms with van der Waals surface area (Å²) in [6, 6.07) is 0.171. The van der Waals surface area contributed by atoms with Crippen molar-refractivity contribution >= 4 is 34.8 Å². The van der Waals surface area contributed by atoms with Crippen molar-refractivity contribution in [1.82, 2.24) is 10.2 Å². The molecule has 5 nitrogen and oxygen atoms in total. The standard InChI is InChI=1S/C12H20N4OS.ClH/c1-2-11-15-16-12(18-11)14-10(17)7-8-5-3-4-6-9(8)13;/h8-9H,2-7,13H2,1H3,(H,14,16,17);1H. The minimum Gasteiger partial charge on any atom is -0.327 e. The average molecular weight is 305 g/mol. The lowest BCUT2D eigenvalue weighted by Crippen LogP contribution is -2.35. The molecule has 108 valence electrons. The monoisotopic (exact) mass is 304 g/mol. The van der Waals surface area contributed by atoms with E-state index in [4.69, 9.17) is 5.73 Å². The Morgan fingerprint density at radius 3 is 2.79 bits per heavy atom. The second kappa shape index (κ2) is 7.77. The molecule has 0 radical (unpaired) electrons. The number of halogens is 1. The van der Waals surface area contributed by atoms with Gasteiger partial charge in [0, 0.05) is 12.5 Å². The molecule has 0 spiro atoms. The number of nitrogens with zero attached hydrogens (tertiary/aromatic N) is 2. The molecular weight excluding hydrogens is 284 g/mol. The molecule has 1 amide bonds. The molecule has 7 heteroatoms. The van der Waals surface area contributed by atoms with E-state index in [2.05, 4.69) is 15.5 Å². The molecule has 1 aliphatic rings. The molecule has 1 aliphatic carbocycles. The number of carbonyl (C=O) groups is 1. The van der Waals surface area contributed by atoms with Crippen LogP contribution < -0.4 is 11.1 Å². The lowest BCUT2D eigenvalue weighted by molar-refractivity contribution is -0.117. The Labute approximate surface area is 123 Å².